The molecule has 1 unspecified atom stereocenters. The number of amides is 3. The number of benzene rings is 1. The van der Waals surface area contributed by atoms with Gasteiger partial charge < -0.3 is 25.7 Å². The molecule has 9 nitrogen and oxygen atoms in total. The molecule has 2 aliphatic rings. The van der Waals surface area contributed by atoms with E-state index in [1.54, 1.807) is 0 Å². The number of nitrogens with two attached hydrogens (primary N) is 1. The summed E-state index contributed by atoms with van der Waals surface area (Å²) in [6.45, 7) is 1.74. The molecule has 3 amide bonds. The Kier molecular flexibility index (Phi) is 5.51. The molecule has 4 N–H and O–H groups in total. The van der Waals surface area contributed by atoms with Crippen molar-refractivity contribution in [2.45, 2.75) is 44.7 Å². The maximum atomic E-state index is 15.2. The van der Waals surface area contributed by atoms with E-state index in [0.717, 1.165) is 23.5 Å². The third-order valence-electron chi connectivity index (χ3n) is 5.44. The van der Waals surface area contributed by atoms with Crippen molar-refractivity contribution in [2.24, 2.45) is 11.7 Å². The standard InChI is InChI=1S/C22H20F3N5O4/c1-11-9-30(18(31)17(27-11)34-19(26)32)10-13-7-16-14(8-15(13)23)22(21(2,24)25,29-20(33)28-16)6-5-12-3-4-12/h7-9,12H,3-4,10H2,1-2H3,(H2,26,32)(H2,28,29,33). The molecule has 1 aliphatic heterocycles. The summed E-state index contributed by atoms with van der Waals surface area (Å²) >= 11 is 0. The zero-order chi connectivity index (χ0) is 24.8. The lowest BCUT2D eigenvalue weighted by Crippen LogP contribution is -2.59. The number of carbonyl (C=O) groups is 2. The predicted octanol–water partition coefficient (Wildman–Crippen LogP) is 2.60. The van der Waals surface area contributed by atoms with Crippen molar-refractivity contribution in [1.29, 1.82) is 0 Å². The van der Waals surface area contributed by atoms with Gasteiger partial charge in [-0.25, -0.2) is 27.7 Å². The third kappa shape index (κ3) is 4.28. The summed E-state index contributed by atoms with van der Waals surface area (Å²) in [5, 5.41) is 4.59. The van der Waals surface area contributed by atoms with E-state index in [9.17, 15) is 23.2 Å². The number of halogens is 3. The van der Waals surface area contributed by atoms with E-state index in [1.807, 2.05) is 0 Å². The third-order valence-corrected chi connectivity index (χ3v) is 5.44. The maximum Gasteiger partial charge on any atom is 0.411 e. The quantitative estimate of drug-likeness (QED) is 0.586. The average molecular weight is 475 g/mol. The number of anilines is 1. The highest BCUT2D eigenvalue weighted by atomic mass is 19.3. The minimum absolute atomic E-state index is 0.0443. The number of carbonyl (C=O) groups excluding carboxylic acids is 2. The van der Waals surface area contributed by atoms with Gasteiger partial charge in [-0.3, -0.25) is 4.79 Å². The number of alkyl halides is 2. The number of aromatic nitrogens is 2. The molecular weight excluding hydrogens is 455 g/mol. The van der Waals surface area contributed by atoms with E-state index in [4.69, 9.17) is 5.73 Å². The number of urea groups is 1. The van der Waals surface area contributed by atoms with E-state index in [-0.39, 0.29) is 35.0 Å². The largest absolute Gasteiger partial charge is 0.411 e. The number of ether oxygens (including phenoxy) is 1. The van der Waals surface area contributed by atoms with Gasteiger partial charge in [-0.15, -0.1) is 0 Å². The molecule has 178 valence electrons. The SMILES string of the molecule is Cc1cn(Cc2cc3c(cc2F)C(C#CC2CC2)(C(C)(F)F)NC(=O)N3)c(=O)c(OC(N)=O)n1. The molecule has 1 saturated carbocycles. The molecule has 0 spiro atoms. The fourth-order valence-corrected chi connectivity index (χ4v) is 3.64. The molecule has 12 heteroatoms. The van der Waals surface area contributed by atoms with Crippen LogP contribution in [0.5, 0.6) is 5.88 Å². The summed E-state index contributed by atoms with van der Waals surface area (Å²) < 4.78 is 50.5. The highest BCUT2D eigenvalue weighted by Crippen LogP contribution is 2.44. The normalized spacial score (nSPS) is 19.3. The molecule has 2 aromatic rings. The molecule has 0 bridgehead atoms. The van der Waals surface area contributed by atoms with Crippen molar-refractivity contribution in [2.75, 3.05) is 5.32 Å². The Morgan fingerprint density at radius 1 is 1.38 bits per heavy atom. The second-order valence-electron chi connectivity index (χ2n) is 8.29. The minimum atomic E-state index is -3.55. The van der Waals surface area contributed by atoms with Crippen molar-refractivity contribution in [3.05, 3.63) is 51.3 Å². The van der Waals surface area contributed by atoms with Crippen LogP contribution in [0.1, 0.15) is 36.6 Å². The van der Waals surface area contributed by atoms with Gasteiger partial charge in [-0.1, -0.05) is 11.8 Å². The van der Waals surface area contributed by atoms with Crippen molar-refractivity contribution >= 4 is 17.8 Å². The topological polar surface area (TPSA) is 128 Å². The first-order chi connectivity index (χ1) is 15.9. The van der Waals surface area contributed by atoms with Crippen LogP contribution in [0.25, 0.3) is 0 Å². The lowest BCUT2D eigenvalue weighted by Gasteiger charge is -2.40. The number of aryl methyl sites for hydroxylation is 1. The van der Waals surface area contributed by atoms with E-state index < -0.39 is 40.8 Å². The van der Waals surface area contributed by atoms with E-state index in [1.165, 1.54) is 19.2 Å². The van der Waals surface area contributed by atoms with Crippen molar-refractivity contribution in [3.63, 3.8) is 0 Å². The van der Waals surface area contributed by atoms with Crippen molar-refractivity contribution < 1.29 is 27.5 Å². The van der Waals surface area contributed by atoms with Gasteiger partial charge >= 0.3 is 17.7 Å². The zero-order valence-electron chi connectivity index (χ0n) is 18.2. The Morgan fingerprint density at radius 2 is 2.09 bits per heavy atom. The molecular formula is C22H20F3N5O4. The fraction of sp³-hybridized carbons (Fsp3) is 0.364. The Balaban J connectivity index is 1.81. The van der Waals surface area contributed by atoms with Crippen LogP contribution in [-0.4, -0.2) is 27.6 Å². The molecule has 4 rings (SSSR count). The van der Waals surface area contributed by atoms with E-state index >= 15 is 4.39 Å². The van der Waals surface area contributed by atoms with Gasteiger partial charge in [0.1, 0.15) is 5.82 Å². The fourth-order valence-electron chi connectivity index (χ4n) is 3.64. The minimum Gasteiger partial charge on any atom is -0.385 e. The predicted molar refractivity (Wildman–Crippen MR) is 114 cm³/mol. The smallest absolute Gasteiger partial charge is 0.385 e. The zero-order valence-corrected chi connectivity index (χ0v) is 18.2. The first-order valence-electron chi connectivity index (χ1n) is 10.3. The summed E-state index contributed by atoms with van der Waals surface area (Å²) in [6.07, 6.45) is 1.58. The lowest BCUT2D eigenvalue weighted by molar-refractivity contribution is -0.0465. The van der Waals surface area contributed by atoms with Crippen LogP contribution in [0.2, 0.25) is 0 Å². The monoisotopic (exact) mass is 475 g/mol. The maximum absolute atomic E-state index is 15.2. The number of fused-ring (bicyclic) bond motifs is 1. The Hall–Kier alpha value is -4.01. The second-order valence-corrected chi connectivity index (χ2v) is 8.29. The molecule has 0 saturated heterocycles. The average Bonchev–Trinajstić information content (AvgIpc) is 3.54. The molecule has 1 aromatic heterocycles. The van der Waals surface area contributed by atoms with Gasteiger partial charge in [0.25, 0.3) is 11.8 Å². The second kappa shape index (κ2) is 8.09. The molecule has 1 fully saturated rings. The van der Waals surface area contributed by atoms with Crippen LogP contribution in [0, 0.1) is 30.5 Å². The molecule has 1 aliphatic carbocycles. The molecule has 0 radical (unpaired) electrons. The van der Waals surface area contributed by atoms with Gasteiger partial charge in [-0.2, -0.15) is 0 Å². The summed E-state index contributed by atoms with van der Waals surface area (Å²) in [5.74, 6) is 0.156. The van der Waals surface area contributed by atoms with Gasteiger partial charge in [0.05, 0.1) is 12.2 Å². The van der Waals surface area contributed by atoms with Crippen LogP contribution in [-0.2, 0) is 12.1 Å². The van der Waals surface area contributed by atoms with Crippen LogP contribution in [0.15, 0.2) is 23.1 Å². The van der Waals surface area contributed by atoms with E-state index in [0.29, 0.717) is 6.92 Å². The first-order valence-corrected chi connectivity index (χ1v) is 10.3. The summed E-state index contributed by atoms with van der Waals surface area (Å²) in [7, 11) is 0. The number of nitrogens with zero attached hydrogens (tertiary/aromatic N) is 2. The first kappa shape index (κ1) is 23.2. The van der Waals surface area contributed by atoms with Gasteiger partial charge in [0, 0.05) is 35.9 Å². The van der Waals surface area contributed by atoms with E-state index in [2.05, 4.69) is 32.2 Å². The highest BCUT2D eigenvalue weighted by molar-refractivity contribution is 5.95. The van der Waals surface area contributed by atoms with Gasteiger partial charge in [-0.05, 0) is 31.9 Å². The summed E-state index contributed by atoms with van der Waals surface area (Å²) in [5.41, 5.74) is 1.52. The van der Waals surface area contributed by atoms with Gasteiger partial charge in [0.15, 0.2) is 5.54 Å². The van der Waals surface area contributed by atoms with Crippen molar-refractivity contribution in [1.82, 2.24) is 14.9 Å². The van der Waals surface area contributed by atoms with Gasteiger partial charge in [0.2, 0.25) is 0 Å². The van der Waals surface area contributed by atoms with Crippen LogP contribution < -0.4 is 26.7 Å². The number of nitrogens with one attached hydrogen (secondary N) is 2. The van der Waals surface area contributed by atoms with Crippen LogP contribution in [0.4, 0.5) is 28.4 Å². The molecule has 2 heterocycles. The van der Waals surface area contributed by atoms with Crippen LogP contribution in [0.3, 0.4) is 0 Å². The highest BCUT2D eigenvalue weighted by Gasteiger charge is 2.55. The lowest BCUT2D eigenvalue weighted by atomic mass is 9.81. The Labute approximate surface area is 191 Å². The molecule has 1 aromatic carbocycles. The Morgan fingerprint density at radius 3 is 2.71 bits per heavy atom. The molecule has 1 atom stereocenters. The number of hydrogen-bond donors (Lipinski definition) is 3. The number of hydrogen-bond acceptors (Lipinski definition) is 5. The Bertz CT molecular complexity index is 1320. The number of primary amides is 1. The number of rotatable bonds is 4. The molecule has 34 heavy (non-hydrogen) atoms. The summed E-state index contributed by atoms with van der Waals surface area (Å²) in [4.78, 5) is 39.7. The van der Waals surface area contributed by atoms with Crippen LogP contribution >= 0.6 is 0 Å². The van der Waals surface area contributed by atoms with Crippen molar-refractivity contribution in [3.8, 4) is 17.7 Å². The summed E-state index contributed by atoms with van der Waals surface area (Å²) in [6, 6.07) is 1.11.